The van der Waals surface area contributed by atoms with E-state index in [-0.39, 0.29) is 17.9 Å². The maximum atomic E-state index is 12.4. The fourth-order valence-corrected chi connectivity index (χ4v) is 3.06. The molecule has 0 aliphatic heterocycles. The third-order valence-corrected chi connectivity index (χ3v) is 4.76. The molecule has 112 valence electrons. The molecule has 0 spiro atoms. The number of anilines is 1. The number of hydrogen-bond acceptors (Lipinski definition) is 2. The van der Waals surface area contributed by atoms with E-state index in [1.165, 1.54) is 0 Å². The van der Waals surface area contributed by atoms with Gasteiger partial charge in [0.15, 0.2) is 0 Å². The molecule has 2 aliphatic carbocycles. The predicted octanol–water partition coefficient (Wildman–Crippen LogP) is 3.12. The zero-order chi connectivity index (χ0) is 14.9. The largest absolute Gasteiger partial charge is 0.352 e. The van der Waals surface area contributed by atoms with Gasteiger partial charge in [-0.1, -0.05) is 36.6 Å². The van der Waals surface area contributed by atoms with E-state index in [2.05, 4.69) is 10.6 Å². The van der Waals surface area contributed by atoms with Gasteiger partial charge in [-0.05, 0) is 37.8 Å². The van der Waals surface area contributed by atoms with Gasteiger partial charge in [-0.2, -0.15) is 0 Å². The molecule has 0 aromatic heterocycles. The highest BCUT2D eigenvalue weighted by atomic mass is 35.5. The zero-order valence-corrected chi connectivity index (χ0v) is 12.6. The van der Waals surface area contributed by atoms with E-state index in [1.54, 1.807) is 24.3 Å². The minimum atomic E-state index is -0.887. The Balaban J connectivity index is 1.66. The fraction of sp³-hybridized carbons (Fsp3) is 0.500. The molecule has 0 atom stereocenters. The van der Waals surface area contributed by atoms with Gasteiger partial charge in [0, 0.05) is 6.04 Å². The molecule has 1 aromatic rings. The van der Waals surface area contributed by atoms with Crippen LogP contribution in [0.15, 0.2) is 24.3 Å². The normalized spacial score (nSPS) is 20.0. The summed E-state index contributed by atoms with van der Waals surface area (Å²) >= 11 is 6.04. The number of hydrogen-bond donors (Lipinski definition) is 2. The second-order valence-electron chi connectivity index (χ2n) is 5.97. The molecule has 4 nitrogen and oxygen atoms in total. The summed E-state index contributed by atoms with van der Waals surface area (Å²) in [5, 5.41) is 6.30. The Bertz CT molecular complexity index is 563. The average Bonchev–Trinajstić information content (AvgIpc) is 3.14. The summed E-state index contributed by atoms with van der Waals surface area (Å²) in [6.45, 7) is 0. The summed E-state index contributed by atoms with van der Waals surface area (Å²) in [6, 6.07) is 7.31. The Morgan fingerprint density at radius 1 is 1.10 bits per heavy atom. The number of para-hydroxylation sites is 1. The van der Waals surface area contributed by atoms with Crippen molar-refractivity contribution in [2.75, 3.05) is 5.32 Å². The third kappa shape index (κ3) is 2.91. The van der Waals surface area contributed by atoms with Crippen molar-refractivity contribution in [3.05, 3.63) is 29.3 Å². The average molecular weight is 307 g/mol. The maximum Gasteiger partial charge on any atom is 0.240 e. The van der Waals surface area contributed by atoms with Crippen molar-refractivity contribution in [3.8, 4) is 0 Å². The first-order valence-corrected chi connectivity index (χ1v) is 7.86. The Labute approximate surface area is 129 Å². The highest BCUT2D eigenvalue weighted by molar-refractivity contribution is 6.34. The Morgan fingerprint density at radius 2 is 1.76 bits per heavy atom. The molecule has 21 heavy (non-hydrogen) atoms. The summed E-state index contributed by atoms with van der Waals surface area (Å²) < 4.78 is 0. The van der Waals surface area contributed by atoms with Crippen LogP contribution in [0.5, 0.6) is 0 Å². The van der Waals surface area contributed by atoms with E-state index in [1.807, 2.05) is 0 Å². The van der Waals surface area contributed by atoms with E-state index in [0.29, 0.717) is 23.6 Å². The lowest BCUT2D eigenvalue weighted by molar-refractivity contribution is -0.134. The van der Waals surface area contributed by atoms with Gasteiger partial charge in [-0.25, -0.2) is 0 Å². The molecule has 0 unspecified atom stereocenters. The zero-order valence-electron chi connectivity index (χ0n) is 11.8. The monoisotopic (exact) mass is 306 g/mol. The van der Waals surface area contributed by atoms with Crippen molar-refractivity contribution in [2.45, 2.75) is 44.6 Å². The van der Waals surface area contributed by atoms with Gasteiger partial charge in [0.2, 0.25) is 11.8 Å². The molecule has 2 aliphatic rings. The van der Waals surface area contributed by atoms with Crippen LogP contribution in [0, 0.1) is 5.41 Å². The van der Waals surface area contributed by atoms with Gasteiger partial charge in [0.1, 0.15) is 5.41 Å². The Morgan fingerprint density at radius 3 is 2.38 bits per heavy atom. The fourth-order valence-electron chi connectivity index (χ4n) is 2.88. The van der Waals surface area contributed by atoms with E-state index in [9.17, 15) is 9.59 Å². The number of rotatable bonds is 4. The van der Waals surface area contributed by atoms with Crippen molar-refractivity contribution in [3.63, 3.8) is 0 Å². The topological polar surface area (TPSA) is 58.2 Å². The molecule has 2 saturated carbocycles. The van der Waals surface area contributed by atoms with E-state index in [0.717, 1.165) is 25.7 Å². The van der Waals surface area contributed by atoms with Crippen LogP contribution < -0.4 is 10.6 Å². The molecule has 2 fully saturated rings. The molecule has 0 bridgehead atoms. The molecule has 0 radical (unpaired) electrons. The molecule has 3 rings (SSSR count). The van der Waals surface area contributed by atoms with Gasteiger partial charge in [-0.3, -0.25) is 9.59 Å². The summed E-state index contributed by atoms with van der Waals surface area (Å²) in [5.74, 6) is -0.370. The number of carbonyl (C=O) groups is 2. The van der Waals surface area contributed by atoms with E-state index >= 15 is 0 Å². The summed E-state index contributed by atoms with van der Waals surface area (Å²) in [6.07, 6.45) is 5.58. The van der Waals surface area contributed by atoms with Crippen molar-refractivity contribution in [1.29, 1.82) is 0 Å². The second-order valence-corrected chi connectivity index (χ2v) is 6.38. The van der Waals surface area contributed by atoms with Crippen molar-refractivity contribution in [2.24, 2.45) is 5.41 Å². The molecule has 0 saturated heterocycles. The molecule has 1 aromatic carbocycles. The third-order valence-electron chi connectivity index (χ3n) is 4.43. The molecule has 5 heteroatoms. The first-order valence-electron chi connectivity index (χ1n) is 7.49. The van der Waals surface area contributed by atoms with Crippen LogP contribution in [0.3, 0.4) is 0 Å². The molecular weight excluding hydrogens is 288 g/mol. The molecule has 2 N–H and O–H groups in total. The maximum absolute atomic E-state index is 12.4. The highest BCUT2D eigenvalue weighted by Crippen LogP contribution is 2.47. The van der Waals surface area contributed by atoms with Gasteiger partial charge in [-0.15, -0.1) is 0 Å². The molecule has 2 amide bonds. The van der Waals surface area contributed by atoms with E-state index < -0.39 is 5.41 Å². The van der Waals surface area contributed by atoms with Crippen LogP contribution in [0.1, 0.15) is 38.5 Å². The number of benzene rings is 1. The molecular formula is C16H19ClN2O2. The second kappa shape index (κ2) is 5.68. The Kier molecular flexibility index (Phi) is 3.89. The van der Waals surface area contributed by atoms with Crippen molar-refractivity contribution < 1.29 is 9.59 Å². The SMILES string of the molecule is O=C(Nc1ccccc1Cl)C1(C(=O)NC2CCCC2)CC1. The Hall–Kier alpha value is -1.55. The highest BCUT2D eigenvalue weighted by Gasteiger charge is 2.56. The lowest BCUT2D eigenvalue weighted by Crippen LogP contribution is -2.43. The first-order chi connectivity index (χ1) is 10.1. The van der Waals surface area contributed by atoms with Crippen molar-refractivity contribution in [1.82, 2.24) is 5.32 Å². The smallest absolute Gasteiger partial charge is 0.240 e. The summed E-state index contributed by atoms with van der Waals surface area (Å²) in [5.41, 5.74) is -0.328. The quantitative estimate of drug-likeness (QED) is 0.840. The summed E-state index contributed by atoms with van der Waals surface area (Å²) in [7, 11) is 0. The lowest BCUT2D eigenvalue weighted by Gasteiger charge is -2.19. The van der Waals surface area contributed by atoms with Gasteiger partial charge in [0.05, 0.1) is 10.7 Å². The number of amides is 2. The van der Waals surface area contributed by atoms with Crippen LogP contribution in [-0.2, 0) is 9.59 Å². The van der Waals surface area contributed by atoms with Crippen LogP contribution in [0.4, 0.5) is 5.69 Å². The lowest BCUT2D eigenvalue weighted by atomic mass is 10.0. The van der Waals surface area contributed by atoms with E-state index in [4.69, 9.17) is 11.6 Å². The number of carbonyl (C=O) groups excluding carboxylic acids is 2. The predicted molar refractivity (Wildman–Crippen MR) is 82.1 cm³/mol. The van der Waals surface area contributed by atoms with Crippen molar-refractivity contribution >= 4 is 29.1 Å². The standard InChI is InChI=1S/C16H19ClN2O2/c17-12-7-3-4-8-13(12)19-15(21)16(9-10-16)14(20)18-11-5-1-2-6-11/h3-4,7-8,11H,1-2,5-6,9-10H2,(H,18,20)(H,19,21). The van der Waals surface area contributed by atoms with Crippen LogP contribution in [0.25, 0.3) is 0 Å². The van der Waals surface area contributed by atoms with Crippen LogP contribution in [0.2, 0.25) is 5.02 Å². The number of halogens is 1. The minimum Gasteiger partial charge on any atom is -0.352 e. The van der Waals surface area contributed by atoms with Crippen LogP contribution >= 0.6 is 11.6 Å². The van der Waals surface area contributed by atoms with Gasteiger partial charge in [0.25, 0.3) is 0 Å². The van der Waals surface area contributed by atoms with Gasteiger partial charge < -0.3 is 10.6 Å². The molecule has 0 heterocycles. The number of nitrogens with one attached hydrogen (secondary N) is 2. The minimum absolute atomic E-state index is 0.126. The van der Waals surface area contributed by atoms with Gasteiger partial charge >= 0.3 is 0 Å². The first kappa shape index (κ1) is 14.4. The van der Waals surface area contributed by atoms with Crippen LogP contribution in [-0.4, -0.2) is 17.9 Å². The summed E-state index contributed by atoms with van der Waals surface area (Å²) in [4.78, 5) is 24.8.